The van der Waals surface area contributed by atoms with E-state index in [1.807, 2.05) is 30.3 Å². The van der Waals surface area contributed by atoms with E-state index in [0.29, 0.717) is 16.0 Å². The Morgan fingerprint density at radius 2 is 1.61 bits per heavy atom. The number of hydrogen-bond acceptors (Lipinski definition) is 4. The Morgan fingerprint density at radius 3 is 2.23 bits per heavy atom. The van der Waals surface area contributed by atoms with Crippen molar-refractivity contribution in [3.8, 4) is 5.75 Å². The second-order valence-corrected chi connectivity index (χ2v) is 9.12. The third kappa shape index (κ3) is 5.46. The molecule has 7 heteroatoms. The predicted molar refractivity (Wildman–Crippen MR) is 126 cm³/mol. The van der Waals surface area contributed by atoms with Crippen molar-refractivity contribution >= 4 is 34.8 Å². The van der Waals surface area contributed by atoms with Crippen molar-refractivity contribution < 1.29 is 9.53 Å². The average molecular weight is 462 g/mol. The molecule has 4 rings (SSSR count). The van der Waals surface area contributed by atoms with Gasteiger partial charge in [-0.3, -0.25) is 9.69 Å². The van der Waals surface area contributed by atoms with Crippen molar-refractivity contribution in [3.63, 3.8) is 0 Å². The Hall–Kier alpha value is -1.95. The molecule has 2 aliphatic heterocycles. The summed E-state index contributed by atoms with van der Waals surface area (Å²) in [5.74, 6) is 1.32. The molecule has 0 aromatic heterocycles. The summed E-state index contributed by atoms with van der Waals surface area (Å²) in [5.41, 5.74) is 2.34. The van der Waals surface area contributed by atoms with Gasteiger partial charge in [-0.2, -0.15) is 0 Å². The minimum Gasteiger partial charge on any atom is -0.497 e. The maximum atomic E-state index is 13.1. The lowest BCUT2D eigenvalue weighted by molar-refractivity contribution is -0.137. The first-order chi connectivity index (χ1) is 15.0. The highest BCUT2D eigenvalue weighted by atomic mass is 35.5. The smallest absolute Gasteiger partial charge is 0.225 e. The molecule has 2 aromatic rings. The molecule has 0 atom stereocenters. The second-order valence-electron chi connectivity index (χ2n) is 8.31. The van der Waals surface area contributed by atoms with Crippen molar-refractivity contribution in [2.75, 3.05) is 51.3 Å². The Bertz CT molecular complexity index is 890. The van der Waals surface area contributed by atoms with E-state index < -0.39 is 0 Å². The monoisotopic (exact) mass is 461 g/mol. The number of rotatable bonds is 5. The number of halogens is 2. The van der Waals surface area contributed by atoms with Gasteiger partial charge in [0.2, 0.25) is 5.91 Å². The molecule has 0 saturated carbocycles. The lowest BCUT2D eigenvalue weighted by Gasteiger charge is -2.39. The van der Waals surface area contributed by atoms with Gasteiger partial charge in [0, 0.05) is 44.3 Å². The quantitative estimate of drug-likeness (QED) is 0.653. The van der Waals surface area contributed by atoms with E-state index >= 15 is 0 Å². The molecule has 1 amide bonds. The summed E-state index contributed by atoms with van der Waals surface area (Å²) in [6.07, 6.45) is 1.83. The highest BCUT2D eigenvalue weighted by Crippen LogP contribution is 2.26. The van der Waals surface area contributed by atoms with Gasteiger partial charge in [-0.05, 0) is 67.9 Å². The number of carbonyl (C=O) groups excluding carboxylic acids is 1. The average Bonchev–Trinajstić information content (AvgIpc) is 2.82. The van der Waals surface area contributed by atoms with Gasteiger partial charge in [-0.15, -0.1) is 0 Å². The Kier molecular flexibility index (Phi) is 7.26. The second kappa shape index (κ2) is 10.1. The zero-order valence-electron chi connectivity index (χ0n) is 17.9. The van der Waals surface area contributed by atoms with Gasteiger partial charge in [0.25, 0.3) is 0 Å². The number of amides is 1. The molecule has 0 spiro atoms. The number of nitrogens with zero attached hydrogens (tertiary/aromatic N) is 3. The number of methoxy groups -OCH3 is 1. The topological polar surface area (TPSA) is 36.0 Å². The van der Waals surface area contributed by atoms with Crippen LogP contribution in [-0.4, -0.2) is 62.1 Å². The number of benzene rings is 2. The first kappa shape index (κ1) is 22.3. The van der Waals surface area contributed by atoms with E-state index in [-0.39, 0.29) is 5.92 Å². The molecule has 0 unspecified atom stereocenters. The van der Waals surface area contributed by atoms with Gasteiger partial charge < -0.3 is 14.5 Å². The standard InChI is InChI=1S/C24H29Cl2N3O2/c1-31-21-5-3-20(4-6-21)28-12-14-29(15-13-28)24(30)19-8-10-27(11-9-19)17-18-2-7-22(25)23(26)16-18/h2-7,16,19H,8-15,17H2,1H3. The van der Waals surface area contributed by atoms with E-state index in [1.54, 1.807) is 7.11 Å². The SMILES string of the molecule is COc1ccc(N2CCN(C(=O)C3CCN(Cc4ccc(Cl)c(Cl)c4)CC3)CC2)cc1. The van der Waals surface area contributed by atoms with Gasteiger partial charge in [-0.25, -0.2) is 0 Å². The van der Waals surface area contributed by atoms with Crippen LogP contribution < -0.4 is 9.64 Å². The summed E-state index contributed by atoms with van der Waals surface area (Å²) in [4.78, 5) is 19.9. The highest BCUT2D eigenvalue weighted by Gasteiger charge is 2.30. The van der Waals surface area contributed by atoms with Crippen LogP contribution in [0.2, 0.25) is 10.0 Å². The molecule has 2 aromatic carbocycles. The number of anilines is 1. The maximum Gasteiger partial charge on any atom is 0.225 e. The molecular weight excluding hydrogens is 433 g/mol. The number of piperidine rings is 1. The van der Waals surface area contributed by atoms with Gasteiger partial charge in [-0.1, -0.05) is 29.3 Å². The lowest BCUT2D eigenvalue weighted by atomic mass is 9.94. The number of carbonyl (C=O) groups is 1. The Morgan fingerprint density at radius 1 is 0.935 bits per heavy atom. The van der Waals surface area contributed by atoms with Crippen LogP contribution >= 0.6 is 23.2 Å². The first-order valence-corrected chi connectivity index (χ1v) is 11.6. The fourth-order valence-corrected chi connectivity index (χ4v) is 4.79. The maximum absolute atomic E-state index is 13.1. The molecule has 0 radical (unpaired) electrons. The molecular formula is C24H29Cl2N3O2. The number of likely N-dealkylation sites (tertiary alicyclic amines) is 1. The van der Waals surface area contributed by atoms with Crippen LogP contribution in [0.5, 0.6) is 5.75 Å². The normalized spacial score (nSPS) is 18.3. The molecule has 2 fully saturated rings. The summed E-state index contributed by atoms with van der Waals surface area (Å²) < 4.78 is 5.24. The van der Waals surface area contributed by atoms with Crippen LogP contribution in [0.15, 0.2) is 42.5 Å². The summed E-state index contributed by atoms with van der Waals surface area (Å²) in [6.45, 7) is 6.02. The summed E-state index contributed by atoms with van der Waals surface area (Å²) >= 11 is 12.1. The van der Waals surface area contributed by atoms with E-state index in [9.17, 15) is 4.79 Å². The van der Waals surface area contributed by atoms with Gasteiger partial charge in [0.05, 0.1) is 17.2 Å². The van der Waals surface area contributed by atoms with Crippen LogP contribution in [-0.2, 0) is 11.3 Å². The van der Waals surface area contributed by atoms with Crippen LogP contribution in [0.4, 0.5) is 5.69 Å². The molecule has 166 valence electrons. The van der Waals surface area contributed by atoms with E-state index in [1.165, 1.54) is 5.69 Å². The summed E-state index contributed by atoms with van der Waals surface area (Å²) in [7, 11) is 1.68. The molecule has 0 aliphatic carbocycles. The number of ether oxygens (including phenoxy) is 1. The van der Waals surface area contributed by atoms with E-state index in [2.05, 4.69) is 26.8 Å². The zero-order chi connectivity index (χ0) is 21.8. The van der Waals surface area contributed by atoms with Crippen molar-refractivity contribution in [2.45, 2.75) is 19.4 Å². The fraction of sp³-hybridized carbons (Fsp3) is 0.458. The zero-order valence-corrected chi connectivity index (χ0v) is 19.4. The highest BCUT2D eigenvalue weighted by molar-refractivity contribution is 6.42. The van der Waals surface area contributed by atoms with Crippen LogP contribution in [0, 0.1) is 5.92 Å². The predicted octanol–water partition coefficient (Wildman–Crippen LogP) is 4.56. The van der Waals surface area contributed by atoms with Gasteiger partial charge in [0.15, 0.2) is 0 Å². The molecule has 2 aliphatic rings. The number of piperazine rings is 1. The third-order valence-corrected chi connectivity index (χ3v) is 7.09. The Balaban J connectivity index is 1.24. The van der Waals surface area contributed by atoms with E-state index in [0.717, 1.165) is 70.0 Å². The summed E-state index contributed by atoms with van der Waals surface area (Å²) in [6, 6.07) is 13.9. The van der Waals surface area contributed by atoms with Crippen molar-refractivity contribution in [3.05, 3.63) is 58.1 Å². The summed E-state index contributed by atoms with van der Waals surface area (Å²) in [5, 5.41) is 1.18. The molecule has 5 nitrogen and oxygen atoms in total. The van der Waals surface area contributed by atoms with Crippen LogP contribution in [0.1, 0.15) is 18.4 Å². The molecule has 2 saturated heterocycles. The van der Waals surface area contributed by atoms with Crippen LogP contribution in [0.25, 0.3) is 0 Å². The Labute approximate surface area is 194 Å². The largest absolute Gasteiger partial charge is 0.497 e. The minimum atomic E-state index is 0.137. The third-order valence-electron chi connectivity index (χ3n) is 6.36. The lowest BCUT2D eigenvalue weighted by Crippen LogP contribution is -2.51. The first-order valence-electron chi connectivity index (χ1n) is 10.9. The molecule has 0 bridgehead atoms. The minimum absolute atomic E-state index is 0.137. The van der Waals surface area contributed by atoms with Crippen molar-refractivity contribution in [2.24, 2.45) is 5.92 Å². The molecule has 2 heterocycles. The van der Waals surface area contributed by atoms with Crippen LogP contribution in [0.3, 0.4) is 0 Å². The van der Waals surface area contributed by atoms with Gasteiger partial charge in [0.1, 0.15) is 5.75 Å². The molecule has 31 heavy (non-hydrogen) atoms. The van der Waals surface area contributed by atoms with Crippen molar-refractivity contribution in [1.82, 2.24) is 9.80 Å². The fourth-order valence-electron chi connectivity index (χ4n) is 4.47. The van der Waals surface area contributed by atoms with Gasteiger partial charge >= 0.3 is 0 Å². The van der Waals surface area contributed by atoms with Crippen molar-refractivity contribution in [1.29, 1.82) is 0 Å². The molecule has 0 N–H and O–H groups in total. The number of hydrogen-bond donors (Lipinski definition) is 0. The van der Waals surface area contributed by atoms with E-state index in [4.69, 9.17) is 27.9 Å².